The van der Waals surface area contributed by atoms with Gasteiger partial charge < -0.3 is 10.5 Å². The lowest BCUT2D eigenvalue weighted by molar-refractivity contribution is -0.140. The molecule has 0 aromatic carbocycles. The Hall–Kier alpha value is -1.85. The molecular weight excluding hydrogens is 212 g/mol. The first-order chi connectivity index (χ1) is 7.47. The van der Waals surface area contributed by atoms with Gasteiger partial charge in [-0.2, -0.15) is 0 Å². The van der Waals surface area contributed by atoms with Gasteiger partial charge in [0.05, 0.1) is 18.1 Å². The molecule has 0 spiro atoms. The first kappa shape index (κ1) is 12.2. The van der Waals surface area contributed by atoms with Crippen LogP contribution in [0.4, 0.5) is 0 Å². The molecule has 88 valence electrons. The van der Waals surface area contributed by atoms with Crippen molar-refractivity contribution in [1.29, 1.82) is 0 Å². The van der Waals surface area contributed by atoms with Gasteiger partial charge in [0.1, 0.15) is 0 Å². The molecule has 0 saturated carbocycles. The molecule has 1 aliphatic rings. The van der Waals surface area contributed by atoms with Crippen molar-refractivity contribution < 1.29 is 19.1 Å². The average Bonchev–Trinajstić information content (AvgIpc) is 2.45. The zero-order valence-corrected chi connectivity index (χ0v) is 9.20. The summed E-state index contributed by atoms with van der Waals surface area (Å²) in [5, 5.41) is 2.12. The second kappa shape index (κ2) is 4.78. The summed E-state index contributed by atoms with van der Waals surface area (Å²) in [5.74, 6) is -2.37. The molecule has 1 fully saturated rings. The largest absolute Gasteiger partial charge is 0.463 e. The van der Waals surface area contributed by atoms with E-state index in [1.165, 1.54) is 6.92 Å². The molecule has 1 heterocycles. The third-order valence-corrected chi connectivity index (χ3v) is 2.24. The van der Waals surface area contributed by atoms with Gasteiger partial charge in [0.15, 0.2) is 0 Å². The van der Waals surface area contributed by atoms with Crippen molar-refractivity contribution in [2.24, 2.45) is 11.7 Å². The lowest BCUT2D eigenvalue weighted by atomic mass is 9.96. The fourth-order valence-electron chi connectivity index (χ4n) is 1.57. The molecule has 2 amide bonds. The summed E-state index contributed by atoms with van der Waals surface area (Å²) in [6.45, 7) is 3.35. The number of amides is 2. The highest BCUT2D eigenvalue weighted by Crippen LogP contribution is 2.23. The number of allylic oxidation sites excluding steroid dienone is 1. The number of esters is 1. The van der Waals surface area contributed by atoms with E-state index in [9.17, 15) is 14.4 Å². The summed E-state index contributed by atoms with van der Waals surface area (Å²) >= 11 is 0. The molecule has 0 radical (unpaired) electrons. The topological polar surface area (TPSA) is 98.5 Å². The van der Waals surface area contributed by atoms with Gasteiger partial charge in [-0.05, 0) is 13.8 Å². The minimum Gasteiger partial charge on any atom is -0.463 e. The molecule has 0 aliphatic carbocycles. The Morgan fingerprint density at radius 1 is 1.56 bits per heavy atom. The Morgan fingerprint density at radius 3 is 2.56 bits per heavy atom. The Morgan fingerprint density at radius 2 is 2.19 bits per heavy atom. The number of nitrogens with one attached hydrogen (secondary N) is 1. The molecule has 1 aliphatic heterocycles. The highest BCUT2D eigenvalue weighted by molar-refractivity contribution is 6.09. The first-order valence-corrected chi connectivity index (χ1v) is 4.94. The fraction of sp³-hybridized carbons (Fsp3) is 0.500. The Labute approximate surface area is 92.8 Å². The molecule has 0 aromatic rings. The van der Waals surface area contributed by atoms with Crippen LogP contribution in [0.3, 0.4) is 0 Å². The Balaban J connectivity index is 2.97. The van der Waals surface area contributed by atoms with Gasteiger partial charge in [-0.25, -0.2) is 4.79 Å². The van der Waals surface area contributed by atoms with Gasteiger partial charge in [-0.3, -0.25) is 14.9 Å². The summed E-state index contributed by atoms with van der Waals surface area (Å²) in [4.78, 5) is 34.0. The van der Waals surface area contributed by atoms with Crippen LogP contribution in [0, 0.1) is 5.92 Å². The highest BCUT2D eigenvalue weighted by atomic mass is 16.5. The van der Waals surface area contributed by atoms with Crippen LogP contribution >= 0.6 is 0 Å². The van der Waals surface area contributed by atoms with Crippen LogP contribution in [0.15, 0.2) is 11.3 Å². The number of hydrogen-bond acceptors (Lipinski definition) is 5. The predicted octanol–water partition coefficient (Wildman–Crippen LogP) is -0.555. The quantitative estimate of drug-likeness (QED) is 0.382. The second-order valence-electron chi connectivity index (χ2n) is 3.49. The fourth-order valence-corrected chi connectivity index (χ4v) is 1.57. The van der Waals surface area contributed by atoms with Crippen LogP contribution < -0.4 is 11.1 Å². The van der Waals surface area contributed by atoms with Crippen molar-refractivity contribution in [3.63, 3.8) is 0 Å². The number of nitrogens with two attached hydrogens (primary N) is 1. The molecular formula is C10H14N2O4. The van der Waals surface area contributed by atoms with Gasteiger partial charge in [-0.1, -0.05) is 0 Å². The SMILES string of the molecule is CCOC(=O)/C(=C(\C)N)C1CC(=O)NC1=O. The molecule has 6 nitrogen and oxygen atoms in total. The van der Waals surface area contributed by atoms with Crippen LogP contribution in [-0.4, -0.2) is 24.4 Å². The van der Waals surface area contributed by atoms with E-state index in [0.29, 0.717) is 0 Å². The molecule has 0 bridgehead atoms. The Bertz CT molecular complexity index is 369. The maximum Gasteiger partial charge on any atom is 0.336 e. The minimum absolute atomic E-state index is 0.0540. The van der Waals surface area contributed by atoms with Crippen LogP contribution in [0.5, 0.6) is 0 Å². The zero-order chi connectivity index (χ0) is 12.3. The monoisotopic (exact) mass is 226 g/mol. The highest BCUT2D eigenvalue weighted by Gasteiger charge is 2.37. The maximum absolute atomic E-state index is 11.6. The third kappa shape index (κ3) is 2.39. The number of carbonyl (C=O) groups excluding carboxylic acids is 3. The summed E-state index contributed by atoms with van der Waals surface area (Å²) < 4.78 is 4.79. The van der Waals surface area contributed by atoms with E-state index in [1.54, 1.807) is 6.92 Å². The van der Waals surface area contributed by atoms with E-state index in [4.69, 9.17) is 10.5 Å². The van der Waals surface area contributed by atoms with E-state index in [1.807, 2.05) is 0 Å². The standard InChI is InChI=1S/C10H14N2O4/c1-3-16-10(15)8(5(2)11)6-4-7(13)12-9(6)14/h6H,3-4,11H2,1-2H3,(H,12,13,14)/b8-5+. The average molecular weight is 226 g/mol. The normalized spacial score (nSPS) is 21.5. The smallest absolute Gasteiger partial charge is 0.336 e. The maximum atomic E-state index is 11.6. The number of carbonyl (C=O) groups is 3. The molecule has 0 aromatic heterocycles. The summed E-state index contributed by atoms with van der Waals surface area (Å²) in [6.07, 6.45) is -0.0540. The van der Waals surface area contributed by atoms with Crippen molar-refractivity contribution in [1.82, 2.24) is 5.32 Å². The van der Waals surface area contributed by atoms with E-state index >= 15 is 0 Å². The van der Waals surface area contributed by atoms with Gasteiger partial charge in [0.2, 0.25) is 11.8 Å². The van der Waals surface area contributed by atoms with Crippen molar-refractivity contribution in [3.05, 3.63) is 11.3 Å². The lowest BCUT2D eigenvalue weighted by Crippen LogP contribution is -2.27. The predicted molar refractivity (Wildman–Crippen MR) is 54.8 cm³/mol. The van der Waals surface area contributed by atoms with E-state index in [2.05, 4.69) is 5.32 Å². The number of imide groups is 1. The van der Waals surface area contributed by atoms with Gasteiger partial charge in [-0.15, -0.1) is 0 Å². The molecule has 6 heteroatoms. The molecule has 1 rings (SSSR count). The summed E-state index contributed by atoms with van der Waals surface area (Å²) in [7, 11) is 0. The van der Waals surface area contributed by atoms with Crippen molar-refractivity contribution in [2.45, 2.75) is 20.3 Å². The van der Waals surface area contributed by atoms with Crippen molar-refractivity contribution in [3.8, 4) is 0 Å². The zero-order valence-electron chi connectivity index (χ0n) is 9.20. The minimum atomic E-state index is -0.823. The van der Waals surface area contributed by atoms with Gasteiger partial charge in [0.25, 0.3) is 0 Å². The van der Waals surface area contributed by atoms with Crippen molar-refractivity contribution in [2.75, 3.05) is 6.61 Å². The molecule has 1 atom stereocenters. The first-order valence-electron chi connectivity index (χ1n) is 4.94. The van der Waals surface area contributed by atoms with Crippen LogP contribution in [0.1, 0.15) is 20.3 Å². The van der Waals surface area contributed by atoms with Crippen molar-refractivity contribution >= 4 is 17.8 Å². The van der Waals surface area contributed by atoms with E-state index in [0.717, 1.165) is 0 Å². The molecule has 3 N–H and O–H groups in total. The van der Waals surface area contributed by atoms with Crippen LogP contribution in [0.2, 0.25) is 0 Å². The summed E-state index contributed by atoms with van der Waals surface area (Å²) in [5.41, 5.74) is 5.82. The van der Waals surface area contributed by atoms with Crippen LogP contribution in [-0.2, 0) is 19.1 Å². The number of ether oxygens (including phenoxy) is 1. The van der Waals surface area contributed by atoms with Gasteiger partial charge >= 0.3 is 5.97 Å². The van der Waals surface area contributed by atoms with Gasteiger partial charge in [0, 0.05) is 12.1 Å². The number of rotatable bonds is 3. The molecule has 16 heavy (non-hydrogen) atoms. The molecule has 1 unspecified atom stereocenters. The van der Waals surface area contributed by atoms with Crippen LogP contribution in [0.25, 0.3) is 0 Å². The summed E-state index contributed by atoms with van der Waals surface area (Å²) in [6, 6.07) is 0. The van der Waals surface area contributed by atoms with E-state index in [-0.39, 0.29) is 24.3 Å². The lowest BCUT2D eigenvalue weighted by Gasteiger charge is -2.12. The second-order valence-corrected chi connectivity index (χ2v) is 3.49. The Kier molecular flexibility index (Phi) is 3.65. The molecule has 1 saturated heterocycles. The number of hydrogen-bond donors (Lipinski definition) is 2. The van der Waals surface area contributed by atoms with E-state index < -0.39 is 23.7 Å². The third-order valence-electron chi connectivity index (χ3n) is 2.24.